The molecule has 1 heterocycles. The lowest BCUT2D eigenvalue weighted by Crippen LogP contribution is -2.41. The van der Waals surface area contributed by atoms with Crippen LogP contribution in [-0.4, -0.2) is 47.6 Å². The van der Waals surface area contributed by atoms with Crippen LogP contribution < -0.4 is 0 Å². The molecular formula is C19H37NO3S2. The first-order valence-corrected chi connectivity index (χ1v) is 11.6. The van der Waals surface area contributed by atoms with Crippen LogP contribution in [0.25, 0.3) is 0 Å². The number of likely N-dealkylation sites (tertiary alicyclic amines) is 1. The summed E-state index contributed by atoms with van der Waals surface area (Å²) in [5.74, 6) is 1.66. The Kier molecular flexibility index (Phi) is 14.8. The Balaban J connectivity index is 0.000000609. The standard InChI is InChI=1S/C14H27NO2.C5H10OS2/c1-5-7-12(4)14(16)15-9-6-8-13(15)10-17-11(2)3;1-2-5(6)3-4-8-7/h11-13H,5-10H2,1-4H3;7H,2-4H2,1H3. The van der Waals surface area contributed by atoms with Crippen molar-refractivity contribution in [2.24, 2.45) is 5.92 Å². The molecule has 0 N–H and O–H groups in total. The molecule has 0 saturated carbocycles. The molecule has 1 fully saturated rings. The van der Waals surface area contributed by atoms with Crippen LogP contribution in [0.5, 0.6) is 0 Å². The van der Waals surface area contributed by atoms with Gasteiger partial charge in [0.25, 0.3) is 0 Å². The summed E-state index contributed by atoms with van der Waals surface area (Å²) in [5, 5.41) is 0. The van der Waals surface area contributed by atoms with Crippen molar-refractivity contribution in [3.63, 3.8) is 0 Å². The van der Waals surface area contributed by atoms with Crippen LogP contribution in [0.4, 0.5) is 0 Å². The van der Waals surface area contributed by atoms with Gasteiger partial charge in [0.15, 0.2) is 0 Å². The molecule has 1 amide bonds. The lowest BCUT2D eigenvalue weighted by molar-refractivity contribution is -0.137. The second kappa shape index (κ2) is 14.9. The average molecular weight is 392 g/mol. The third-order valence-corrected chi connectivity index (χ3v) is 5.23. The van der Waals surface area contributed by atoms with Crippen LogP contribution in [0, 0.1) is 5.92 Å². The Morgan fingerprint density at radius 2 is 1.96 bits per heavy atom. The average Bonchev–Trinajstić information content (AvgIpc) is 3.06. The van der Waals surface area contributed by atoms with E-state index < -0.39 is 0 Å². The largest absolute Gasteiger partial charge is 0.377 e. The van der Waals surface area contributed by atoms with Crippen molar-refractivity contribution in [1.82, 2.24) is 4.90 Å². The summed E-state index contributed by atoms with van der Waals surface area (Å²) in [7, 11) is 1.42. The molecule has 2 unspecified atom stereocenters. The number of carbonyl (C=O) groups is 2. The number of carbonyl (C=O) groups excluding carboxylic acids is 2. The highest BCUT2D eigenvalue weighted by Gasteiger charge is 2.31. The molecule has 0 aliphatic carbocycles. The Hall–Kier alpha value is -0.200. The van der Waals surface area contributed by atoms with Gasteiger partial charge in [-0.3, -0.25) is 9.59 Å². The molecule has 0 aromatic heterocycles. The molecule has 4 nitrogen and oxygen atoms in total. The maximum atomic E-state index is 12.3. The molecule has 1 aliphatic rings. The molecule has 0 spiro atoms. The topological polar surface area (TPSA) is 46.6 Å². The van der Waals surface area contributed by atoms with Gasteiger partial charge in [0.1, 0.15) is 5.78 Å². The smallest absolute Gasteiger partial charge is 0.225 e. The Labute approximate surface area is 163 Å². The molecule has 1 rings (SSSR count). The van der Waals surface area contributed by atoms with Crippen molar-refractivity contribution in [2.75, 3.05) is 18.9 Å². The maximum absolute atomic E-state index is 12.3. The number of rotatable bonds is 10. The first-order chi connectivity index (χ1) is 11.9. The molecule has 2 atom stereocenters. The van der Waals surface area contributed by atoms with Gasteiger partial charge in [-0.25, -0.2) is 0 Å². The van der Waals surface area contributed by atoms with Crippen LogP contribution in [0.1, 0.15) is 73.1 Å². The molecule has 25 heavy (non-hydrogen) atoms. The summed E-state index contributed by atoms with van der Waals surface area (Å²) in [6.07, 6.45) is 5.87. The molecule has 6 heteroatoms. The quantitative estimate of drug-likeness (QED) is 0.430. The normalized spacial score (nSPS) is 18.0. The summed E-state index contributed by atoms with van der Waals surface area (Å²) < 4.78 is 5.65. The van der Waals surface area contributed by atoms with Gasteiger partial charge in [0, 0.05) is 31.1 Å². The highest BCUT2D eigenvalue weighted by atomic mass is 33.1. The first kappa shape index (κ1) is 24.8. The summed E-state index contributed by atoms with van der Waals surface area (Å²) in [6.45, 7) is 11.8. The summed E-state index contributed by atoms with van der Waals surface area (Å²) in [6, 6.07) is 0.309. The number of nitrogens with zero attached hydrogens (tertiary/aromatic N) is 1. The van der Waals surface area contributed by atoms with E-state index in [1.54, 1.807) is 0 Å². The lowest BCUT2D eigenvalue weighted by Gasteiger charge is -2.28. The van der Waals surface area contributed by atoms with E-state index >= 15 is 0 Å². The number of hydrogen-bond donors (Lipinski definition) is 1. The second-order valence-electron chi connectivity index (χ2n) is 6.87. The fourth-order valence-corrected chi connectivity index (χ4v) is 3.37. The van der Waals surface area contributed by atoms with Crippen molar-refractivity contribution >= 4 is 34.1 Å². The van der Waals surface area contributed by atoms with Gasteiger partial charge in [-0.1, -0.05) is 38.0 Å². The number of thiol groups is 1. The third-order valence-electron chi connectivity index (χ3n) is 4.29. The minimum Gasteiger partial charge on any atom is -0.377 e. The minimum atomic E-state index is 0.166. The summed E-state index contributed by atoms with van der Waals surface area (Å²) in [4.78, 5) is 24.8. The molecule has 0 aromatic rings. The number of ketones is 1. The molecule has 0 bridgehead atoms. The molecular weight excluding hydrogens is 354 g/mol. The van der Waals surface area contributed by atoms with Crippen molar-refractivity contribution in [3.8, 4) is 0 Å². The Bertz CT molecular complexity index is 378. The van der Waals surface area contributed by atoms with Gasteiger partial charge >= 0.3 is 0 Å². The van der Waals surface area contributed by atoms with Crippen LogP contribution in [0.2, 0.25) is 0 Å². The van der Waals surface area contributed by atoms with Crippen LogP contribution >= 0.6 is 22.5 Å². The first-order valence-electron chi connectivity index (χ1n) is 9.57. The lowest BCUT2D eigenvalue weighted by atomic mass is 10.0. The predicted molar refractivity (Wildman–Crippen MR) is 111 cm³/mol. The minimum absolute atomic E-state index is 0.166. The van der Waals surface area contributed by atoms with Gasteiger partial charge in [-0.05, 0) is 33.1 Å². The number of hydrogen-bond acceptors (Lipinski definition) is 5. The fourth-order valence-electron chi connectivity index (χ4n) is 2.78. The van der Waals surface area contributed by atoms with Crippen LogP contribution in [-0.2, 0) is 14.3 Å². The van der Waals surface area contributed by atoms with Gasteiger partial charge in [0.2, 0.25) is 5.91 Å². The number of Topliss-reactive ketones (excluding diaryl/α,β-unsaturated/α-hetero) is 1. The predicted octanol–water partition coefficient (Wildman–Crippen LogP) is 4.77. The zero-order chi connectivity index (χ0) is 19.2. The molecule has 0 radical (unpaired) electrons. The Morgan fingerprint density at radius 1 is 1.28 bits per heavy atom. The molecule has 1 saturated heterocycles. The van der Waals surface area contributed by atoms with Gasteiger partial charge in [-0.2, -0.15) is 0 Å². The fraction of sp³-hybridized carbons (Fsp3) is 0.895. The van der Waals surface area contributed by atoms with Gasteiger partial charge in [-0.15, -0.1) is 11.7 Å². The third kappa shape index (κ3) is 11.2. The summed E-state index contributed by atoms with van der Waals surface area (Å²) >= 11 is 3.90. The number of ether oxygens (including phenoxy) is 1. The van der Waals surface area contributed by atoms with E-state index in [9.17, 15) is 9.59 Å². The van der Waals surface area contributed by atoms with Crippen LogP contribution in [0.15, 0.2) is 0 Å². The number of amides is 1. The molecule has 1 aliphatic heterocycles. The van der Waals surface area contributed by atoms with Gasteiger partial charge < -0.3 is 9.64 Å². The van der Waals surface area contributed by atoms with E-state index in [0.717, 1.165) is 38.0 Å². The van der Waals surface area contributed by atoms with Crippen molar-refractivity contribution in [2.45, 2.75) is 85.3 Å². The maximum Gasteiger partial charge on any atom is 0.225 e. The van der Waals surface area contributed by atoms with Crippen molar-refractivity contribution in [3.05, 3.63) is 0 Å². The van der Waals surface area contributed by atoms with E-state index in [0.29, 0.717) is 37.2 Å². The highest BCUT2D eigenvalue weighted by molar-refractivity contribution is 8.68. The van der Waals surface area contributed by atoms with E-state index in [1.165, 1.54) is 10.8 Å². The SMILES string of the molecule is CCC(=O)CCSS.CCCC(C)C(=O)N1CCCC1COC(C)C. The molecule has 148 valence electrons. The van der Waals surface area contributed by atoms with Gasteiger partial charge in [0.05, 0.1) is 18.8 Å². The summed E-state index contributed by atoms with van der Waals surface area (Å²) in [5.41, 5.74) is 0. The zero-order valence-corrected chi connectivity index (χ0v) is 18.3. The zero-order valence-electron chi connectivity index (χ0n) is 16.6. The second-order valence-corrected chi connectivity index (χ2v) is 8.32. The van der Waals surface area contributed by atoms with E-state index in [2.05, 4.69) is 18.6 Å². The van der Waals surface area contributed by atoms with E-state index in [-0.39, 0.29) is 12.0 Å². The molecule has 0 aromatic carbocycles. The van der Waals surface area contributed by atoms with Crippen molar-refractivity contribution < 1.29 is 14.3 Å². The highest BCUT2D eigenvalue weighted by Crippen LogP contribution is 2.22. The van der Waals surface area contributed by atoms with Crippen molar-refractivity contribution in [1.29, 1.82) is 0 Å². The van der Waals surface area contributed by atoms with E-state index in [1.807, 2.05) is 32.6 Å². The van der Waals surface area contributed by atoms with E-state index in [4.69, 9.17) is 4.74 Å². The van der Waals surface area contributed by atoms with Crippen LogP contribution in [0.3, 0.4) is 0 Å². The Morgan fingerprint density at radius 3 is 2.48 bits per heavy atom. The monoisotopic (exact) mass is 391 g/mol.